The summed E-state index contributed by atoms with van der Waals surface area (Å²) in [7, 11) is 2.80. The standard InChI is InChI=1S/C10H11ClN4O3/c1-17-7(16)4-15-6(3-11)14-8-9(15)12-5-13-10(8)18-2/h5H,3-4H2,1-2H3. The first-order chi connectivity index (χ1) is 8.71. The van der Waals surface area contributed by atoms with E-state index < -0.39 is 5.97 Å². The predicted molar refractivity (Wildman–Crippen MR) is 63.4 cm³/mol. The Labute approximate surface area is 108 Å². The van der Waals surface area contributed by atoms with E-state index in [1.807, 2.05) is 0 Å². The summed E-state index contributed by atoms with van der Waals surface area (Å²) in [6.45, 7) is -0.00474. The number of hydrogen-bond acceptors (Lipinski definition) is 6. The number of alkyl halides is 1. The number of halogens is 1. The van der Waals surface area contributed by atoms with Gasteiger partial charge in [0, 0.05) is 0 Å². The lowest BCUT2D eigenvalue weighted by Crippen LogP contribution is -2.14. The van der Waals surface area contributed by atoms with Crippen molar-refractivity contribution in [1.29, 1.82) is 0 Å². The fraction of sp³-hybridized carbons (Fsp3) is 0.400. The van der Waals surface area contributed by atoms with Crippen molar-refractivity contribution in [2.75, 3.05) is 14.2 Å². The van der Waals surface area contributed by atoms with Crippen LogP contribution in [0.15, 0.2) is 6.33 Å². The second-order valence-corrected chi connectivity index (χ2v) is 3.65. The van der Waals surface area contributed by atoms with Gasteiger partial charge in [0.25, 0.3) is 0 Å². The molecule has 96 valence electrons. The number of carbonyl (C=O) groups excluding carboxylic acids is 1. The highest BCUT2D eigenvalue weighted by Gasteiger charge is 2.17. The molecule has 2 rings (SSSR count). The molecule has 0 saturated heterocycles. The molecule has 7 nitrogen and oxygen atoms in total. The topological polar surface area (TPSA) is 79.1 Å². The number of imidazole rings is 1. The number of fused-ring (bicyclic) bond motifs is 1. The number of rotatable bonds is 4. The molecule has 0 saturated carbocycles. The number of ether oxygens (including phenoxy) is 2. The Kier molecular flexibility index (Phi) is 3.61. The van der Waals surface area contributed by atoms with Gasteiger partial charge in [-0.05, 0) is 0 Å². The molecule has 0 radical (unpaired) electrons. The summed E-state index contributed by atoms with van der Waals surface area (Å²) < 4.78 is 11.3. The predicted octanol–water partition coefficient (Wildman–Crippen LogP) is 0.747. The van der Waals surface area contributed by atoms with Crippen molar-refractivity contribution < 1.29 is 14.3 Å². The molecule has 0 atom stereocenters. The fourth-order valence-electron chi connectivity index (χ4n) is 1.57. The van der Waals surface area contributed by atoms with Crippen LogP contribution in [0.1, 0.15) is 5.82 Å². The molecular weight excluding hydrogens is 260 g/mol. The highest BCUT2D eigenvalue weighted by molar-refractivity contribution is 6.16. The van der Waals surface area contributed by atoms with Crippen LogP contribution in [0.4, 0.5) is 0 Å². The molecule has 18 heavy (non-hydrogen) atoms. The highest BCUT2D eigenvalue weighted by Crippen LogP contribution is 2.22. The van der Waals surface area contributed by atoms with Gasteiger partial charge in [-0.3, -0.25) is 4.79 Å². The van der Waals surface area contributed by atoms with Crippen molar-refractivity contribution in [2.24, 2.45) is 0 Å². The normalized spacial score (nSPS) is 10.6. The lowest BCUT2D eigenvalue weighted by atomic mass is 10.5. The molecule has 0 spiro atoms. The molecule has 0 unspecified atom stereocenters. The summed E-state index contributed by atoms with van der Waals surface area (Å²) in [5.41, 5.74) is 0.961. The lowest BCUT2D eigenvalue weighted by molar-refractivity contribution is -0.141. The lowest BCUT2D eigenvalue weighted by Gasteiger charge is -2.04. The van der Waals surface area contributed by atoms with Gasteiger partial charge in [0.15, 0.2) is 11.2 Å². The van der Waals surface area contributed by atoms with Crippen LogP contribution in [0.2, 0.25) is 0 Å². The van der Waals surface area contributed by atoms with Gasteiger partial charge in [0.1, 0.15) is 18.7 Å². The van der Waals surface area contributed by atoms with Crippen molar-refractivity contribution in [1.82, 2.24) is 19.5 Å². The molecule has 0 aliphatic rings. The maximum Gasteiger partial charge on any atom is 0.325 e. The summed E-state index contributed by atoms with van der Waals surface area (Å²) in [6.07, 6.45) is 1.34. The average Bonchev–Trinajstić information content (AvgIpc) is 2.76. The van der Waals surface area contributed by atoms with Gasteiger partial charge in [-0.1, -0.05) is 0 Å². The average molecular weight is 271 g/mol. The summed E-state index contributed by atoms with van der Waals surface area (Å²) in [4.78, 5) is 23.7. The first kappa shape index (κ1) is 12.6. The van der Waals surface area contributed by atoms with Gasteiger partial charge in [0.05, 0.1) is 20.1 Å². The molecule has 0 bridgehead atoms. The van der Waals surface area contributed by atoms with Gasteiger partial charge in [-0.2, -0.15) is 4.98 Å². The monoisotopic (exact) mass is 270 g/mol. The summed E-state index contributed by atoms with van der Waals surface area (Å²) in [5, 5.41) is 0. The molecule has 0 aliphatic heterocycles. The van der Waals surface area contributed by atoms with Crippen LogP contribution in [-0.2, 0) is 22.0 Å². The molecule has 0 N–H and O–H groups in total. The maximum absolute atomic E-state index is 11.4. The quantitative estimate of drug-likeness (QED) is 0.602. The van der Waals surface area contributed by atoms with Crippen molar-refractivity contribution in [3.63, 3.8) is 0 Å². The van der Waals surface area contributed by atoms with E-state index in [1.165, 1.54) is 20.5 Å². The first-order valence-corrected chi connectivity index (χ1v) is 5.61. The van der Waals surface area contributed by atoms with Crippen molar-refractivity contribution in [2.45, 2.75) is 12.4 Å². The van der Waals surface area contributed by atoms with E-state index in [4.69, 9.17) is 16.3 Å². The Morgan fingerprint density at radius 3 is 2.83 bits per heavy atom. The smallest absolute Gasteiger partial charge is 0.325 e. The van der Waals surface area contributed by atoms with Crippen molar-refractivity contribution in [3.8, 4) is 5.88 Å². The third kappa shape index (κ3) is 2.08. The second-order valence-electron chi connectivity index (χ2n) is 3.38. The van der Waals surface area contributed by atoms with Gasteiger partial charge in [-0.25, -0.2) is 9.97 Å². The van der Waals surface area contributed by atoms with Gasteiger partial charge < -0.3 is 14.0 Å². The largest absolute Gasteiger partial charge is 0.479 e. The maximum atomic E-state index is 11.4. The van der Waals surface area contributed by atoms with E-state index >= 15 is 0 Å². The van der Waals surface area contributed by atoms with Crippen LogP contribution in [-0.4, -0.2) is 39.7 Å². The van der Waals surface area contributed by atoms with Crippen LogP contribution in [0.5, 0.6) is 5.88 Å². The number of hydrogen-bond donors (Lipinski definition) is 0. The van der Waals surface area contributed by atoms with E-state index in [9.17, 15) is 4.79 Å². The molecule has 0 aliphatic carbocycles. The molecular formula is C10H11ClN4O3. The number of aromatic nitrogens is 4. The zero-order valence-electron chi connectivity index (χ0n) is 9.88. The van der Waals surface area contributed by atoms with Crippen LogP contribution < -0.4 is 4.74 Å². The Balaban J connectivity index is 2.59. The second kappa shape index (κ2) is 5.18. The van der Waals surface area contributed by atoms with Crippen LogP contribution in [0.25, 0.3) is 11.2 Å². The van der Waals surface area contributed by atoms with E-state index in [0.29, 0.717) is 22.9 Å². The minimum atomic E-state index is -0.404. The minimum Gasteiger partial charge on any atom is -0.479 e. The molecule has 2 heterocycles. The van der Waals surface area contributed by atoms with Crippen molar-refractivity contribution in [3.05, 3.63) is 12.2 Å². The third-order valence-electron chi connectivity index (χ3n) is 2.41. The fourth-order valence-corrected chi connectivity index (χ4v) is 1.78. The van der Waals surface area contributed by atoms with E-state index in [-0.39, 0.29) is 12.4 Å². The van der Waals surface area contributed by atoms with Crippen LogP contribution in [0.3, 0.4) is 0 Å². The number of esters is 1. The zero-order valence-corrected chi connectivity index (χ0v) is 10.6. The first-order valence-electron chi connectivity index (χ1n) is 5.08. The summed E-state index contributed by atoms with van der Waals surface area (Å²) in [6, 6.07) is 0. The third-order valence-corrected chi connectivity index (χ3v) is 2.64. The summed E-state index contributed by atoms with van der Waals surface area (Å²) >= 11 is 5.80. The molecule has 8 heteroatoms. The molecule has 0 fully saturated rings. The van der Waals surface area contributed by atoms with E-state index in [2.05, 4.69) is 19.7 Å². The zero-order chi connectivity index (χ0) is 13.1. The minimum absolute atomic E-state index is 0.00474. The van der Waals surface area contributed by atoms with Crippen LogP contribution in [0, 0.1) is 0 Å². The van der Waals surface area contributed by atoms with Crippen molar-refractivity contribution >= 4 is 28.7 Å². The van der Waals surface area contributed by atoms with E-state index in [0.717, 1.165) is 0 Å². The Bertz CT molecular complexity index is 584. The number of carbonyl (C=O) groups is 1. The number of nitrogens with zero attached hydrogens (tertiary/aromatic N) is 4. The molecule has 0 aromatic carbocycles. The molecule has 2 aromatic rings. The highest BCUT2D eigenvalue weighted by atomic mass is 35.5. The van der Waals surface area contributed by atoms with Gasteiger partial charge >= 0.3 is 5.97 Å². The molecule has 0 amide bonds. The Hall–Kier alpha value is -1.89. The Morgan fingerprint density at radius 1 is 1.44 bits per heavy atom. The van der Waals surface area contributed by atoms with Gasteiger partial charge in [-0.15, -0.1) is 11.6 Å². The Morgan fingerprint density at radius 2 is 2.22 bits per heavy atom. The van der Waals surface area contributed by atoms with Crippen LogP contribution >= 0.6 is 11.6 Å². The summed E-state index contributed by atoms with van der Waals surface area (Å²) in [5.74, 6) is 0.598. The van der Waals surface area contributed by atoms with Gasteiger partial charge in [0.2, 0.25) is 5.88 Å². The van der Waals surface area contributed by atoms with E-state index in [1.54, 1.807) is 4.57 Å². The number of methoxy groups -OCH3 is 2. The SMILES string of the molecule is COC(=O)Cn1c(CCl)nc2c(OC)ncnc21. The molecule has 2 aromatic heterocycles.